The Balaban J connectivity index is 1.56. The van der Waals surface area contributed by atoms with E-state index in [-0.39, 0.29) is 17.3 Å². The van der Waals surface area contributed by atoms with Gasteiger partial charge in [-0.2, -0.15) is 0 Å². The lowest BCUT2D eigenvalue weighted by Gasteiger charge is -2.33. The number of non-ortho nitro benzene ring substituents is 1. The molecule has 0 saturated carbocycles. The third-order valence-corrected chi connectivity index (χ3v) is 5.85. The van der Waals surface area contributed by atoms with Crippen LogP contribution in [0.2, 0.25) is 0 Å². The molecule has 0 bridgehead atoms. The second kappa shape index (κ2) is 8.63. The van der Waals surface area contributed by atoms with Crippen LogP contribution in [-0.4, -0.2) is 43.0 Å². The van der Waals surface area contributed by atoms with Crippen LogP contribution in [0.3, 0.4) is 0 Å². The van der Waals surface area contributed by atoms with Gasteiger partial charge in [-0.15, -0.1) is 0 Å². The number of nitrogens with zero attached hydrogens (tertiary/aromatic N) is 3. The molecule has 31 heavy (non-hydrogen) atoms. The maximum atomic E-state index is 13.1. The topological polar surface area (TPSA) is 108 Å². The van der Waals surface area contributed by atoms with Gasteiger partial charge in [-0.3, -0.25) is 19.8 Å². The number of piperidine rings is 1. The molecule has 0 aliphatic carbocycles. The van der Waals surface area contributed by atoms with Gasteiger partial charge in [0.2, 0.25) is 0 Å². The fourth-order valence-corrected chi connectivity index (χ4v) is 3.99. The molecule has 2 aliphatic heterocycles. The summed E-state index contributed by atoms with van der Waals surface area (Å²) in [5.74, 6) is 0.228. The molecule has 2 aliphatic rings. The van der Waals surface area contributed by atoms with Gasteiger partial charge in [0.05, 0.1) is 16.2 Å². The number of nitro benzene ring substituents is 1. The van der Waals surface area contributed by atoms with E-state index in [2.05, 4.69) is 22.5 Å². The van der Waals surface area contributed by atoms with Gasteiger partial charge < -0.3 is 15.5 Å². The SMILES string of the molecule is CC1CCN(c2ccc([N+](=O)[O-])cc2C(=O)Nc2ccc(N3CCNC3=O)cc2)CC1. The van der Waals surface area contributed by atoms with Gasteiger partial charge in [0.1, 0.15) is 0 Å². The highest BCUT2D eigenvalue weighted by molar-refractivity contribution is 6.08. The van der Waals surface area contributed by atoms with Crippen molar-refractivity contribution in [2.75, 3.05) is 41.3 Å². The predicted molar refractivity (Wildman–Crippen MR) is 119 cm³/mol. The lowest BCUT2D eigenvalue weighted by molar-refractivity contribution is -0.384. The van der Waals surface area contributed by atoms with Gasteiger partial charge in [-0.05, 0) is 49.1 Å². The zero-order valence-electron chi connectivity index (χ0n) is 17.3. The van der Waals surface area contributed by atoms with Crippen LogP contribution in [0.1, 0.15) is 30.1 Å². The summed E-state index contributed by atoms with van der Waals surface area (Å²) in [4.78, 5) is 39.4. The molecular weight excluding hydrogens is 398 g/mol. The molecule has 2 heterocycles. The standard InChI is InChI=1S/C22H25N5O4/c1-15-8-11-25(12-9-15)20-7-6-18(27(30)31)14-19(20)21(28)24-16-2-4-17(5-3-16)26-13-10-23-22(26)29/h2-7,14-15H,8-13H2,1H3,(H,23,29)(H,24,28). The summed E-state index contributed by atoms with van der Waals surface area (Å²) < 4.78 is 0. The molecule has 2 fully saturated rings. The summed E-state index contributed by atoms with van der Waals surface area (Å²) in [5.41, 5.74) is 2.17. The fraction of sp³-hybridized carbons (Fsp3) is 0.364. The van der Waals surface area contributed by atoms with Crippen molar-refractivity contribution < 1.29 is 14.5 Å². The average Bonchev–Trinajstić information content (AvgIpc) is 3.20. The minimum atomic E-state index is -0.491. The second-order valence-corrected chi connectivity index (χ2v) is 8.01. The van der Waals surface area contributed by atoms with Crippen LogP contribution in [0, 0.1) is 16.0 Å². The Hall–Kier alpha value is -3.62. The molecule has 4 rings (SSSR count). The van der Waals surface area contributed by atoms with E-state index in [0.29, 0.717) is 30.4 Å². The van der Waals surface area contributed by atoms with Gasteiger partial charge >= 0.3 is 6.03 Å². The number of hydrogen-bond acceptors (Lipinski definition) is 5. The number of hydrogen-bond donors (Lipinski definition) is 2. The first kappa shape index (κ1) is 20.6. The van der Waals surface area contributed by atoms with E-state index >= 15 is 0 Å². The summed E-state index contributed by atoms with van der Waals surface area (Å²) in [6.07, 6.45) is 2.03. The van der Waals surface area contributed by atoms with Crippen LogP contribution in [0.15, 0.2) is 42.5 Å². The van der Waals surface area contributed by atoms with E-state index in [0.717, 1.165) is 31.6 Å². The summed E-state index contributed by atoms with van der Waals surface area (Å²) in [6.45, 7) is 5.02. The fourth-order valence-electron chi connectivity index (χ4n) is 3.99. The third-order valence-electron chi connectivity index (χ3n) is 5.85. The van der Waals surface area contributed by atoms with Crippen LogP contribution in [0.4, 0.5) is 27.5 Å². The average molecular weight is 423 g/mol. The molecule has 2 saturated heterocycles. The summed E-state index contributed by atoms with van der Waals surface area (Å²) >= 11 is 0. The summed E-state index contributed by atoms with van der Waals surface area (Å²) in [7, 11) is 0. The molecular formula is C22H25N5O4. The predicted octanol–water partition coefficient (Wildman–Crippen LogP) is 3.61. The Morgan fingerprint density at radius 1 is 1.13 bits per heavy atom. The van der Waals surface area contributed by atoms with Gasteiger partial charge in [-0.1, -0.05) is 6.92 Å². The molecule has 2 aromatic carbocycles. The molecule has 0 spiro atoms. The molecule has 162 valence electrons. The largest absolute Gasteiger partial charge is 0.371 e. The Labute approximate surface area is 180 Å². The molecule has 9 nitrogen and oxygen atoms in total. The smallest absolute Gasteiger partial charge is 0.321 e. The number of benzene rings is 2. The molecule has 0 radical (unpaired) electrons. The van der Waals surface area contributed by atoms with Crippen LogP contribution in [0.5, 0.6) is 0 Å². The normalized spacial score (nSPS) is 16.9. The number of carbonyl (C=O) groups is 2. The maximum absolute atomic E-state index is 13.1. The number of rotatable bonds is 5. The molecule has 0 aromatic heterocycles. The first-order valence-corrected chi connectivity index (χ1v) is 10.4. The number of amides is 3. The van der Waals surface area contributed by atoms with Crippen molar-refractivity contribution in [3.8, 4) is 0 Å². The molecule has 9 heteroatoms. The van der Waals surface area contributed by atoms with Crippen LogP contribution < -0.4 is 20.4 Å². The molecule has 2 aromatic rings. The van der Waals surface area contributed by atoms with Gasteiger partial charge in [0.25, 0.3) is 11.6 Å². The molecule has 0 unspecified atom stereocenters. The highest BCUT2D eigenvalue weighted by Gasteiger charge is 2.24. The molecule has 0 atom stereocenters. The quantitative estimate of drug-likeness (QED) is 0.564. The van der Waals surface area contributed by atoms with Gasteiger partial charge in [0.15, 0.2) is 0 Å². The van der Waals surface area contributed by atoms with E-state index < -0.39 is 10.8 Å². The number of nitro groups is 1. The Bertz CT molecular complexity index is 999. The highest BCUT2D eigenvalue weighted by atomic mass is 16.6. The Morgan fingerprint density at radius 3 is 2.45 bits per heavy atom. The van der Waals surface area contributed by atoms with Crippen molar-refractivity contribution in [2.24, 2.45) is 5.92 Å². The third kappa shape index (κ3) is 4.45. The lowest BCUT2D eigenvalue weighted by Crippen LogP contribution is -2.34. The first-order valence-electron chi connectivity index (χ1n) is 10.4. The van der Waals surface area contributed by atoms with Crippen LogP contribution >= 0.6 is 0 Å². The lowest BCUT2D eigenvalue weighted by atomic mass is 9.98. The number of nitrogens with one attached hydrogen (secondary N) is 2. The van der Waals surface area contributed by atoms with Gasteiger partial charge in [0, 0.05) is 49.7 Å². The highest BCUT2D eigenvalue weighted by Crippen LogP contribution is 2.30. The summed E-state index contributed by atoms with van der Waals surface area (Å²) in [6, 6.07) is 11.3. The molecule has 2 N–H and O–H groups in total. The van der Waals surface area contributed by atoms with E-state index in [1.165, 1.54) is 12.1 Å². The Kier molecular flexibility index (Phi) is 5.75. The molecule has 3 amide bonds. The second-order valence-electron chi connectivity index (χ2n) is 8.01. The number of carbonyl (C=O) groups excluding carboxylic acids is 2. The van der Waals surface area contributed by atoms with E-state index in [1.54, 1.807) is 35.2 Å². The van der Waals surface area contributed by atoms with E-state index in [1.807, 2.05) is 0 Å². The van der Waals surface area contributed by atoms with E-state index in [9.17, 15) is 19.7 Å². The monoisotopic (exact) mass is 423 g/mol. The van der Waals surface area contributed by atoms with Crippen molar-refractivity contribution in [2.45, 2.75) is 19.8 Å². The van der Waals surface area contributed by atoms with Crippen molar-refractivity contribution in [3.63, 3.8) is 0 Å². The first-order chi connectivity index (χ1) is 14.9. The maximum Gasteiger partial charge on any atom is 0.321 e. The van der Waals surface area contributed by atoms with Crippen molar-refractivity contribution >= 4 is 34.7 Å². The number of anilines is 3. The van der Waals surface area contributed by atoms with Crippen LogP contribution in [-0.2, 0) is 0 Å². The number of urea groups is 1. The zero-order valence-corrected chi connectivity index (χ0v) is 17.3. The van der Waals surface area contributed by atoms with E-state index in [4.69, 9.17) is 0 Å². The van der Waals surface area contributed by atoms with Crippen molar-refractivity contribution in [1.29, 1.82) is 0 Å². The minimum absolute atomic E-state index is 0.116. The van der Waals surface area contributed by atoms with Crippen LogP contribution in [0.25, 0.3) is 0 Å². The van der Waals surface area contributed by atoms with Gasteiger partial charge in [-0.25, -0.2) is 4.79 Å². The Morgan fingerprint density at radius 2 is 1.84 bits per heavy atom. The van der Waals surface area contributed by atoms with Crippen molar-refractivity contribution in [1.82, 2.24) is 5.32 Å². The van der Waals surface area contributed by atoms with Crippen molar-refractivity contribution in [3.05, 3.63) is 58.1 Å². The zero-order chi connectivity index (χ0) is 22.0. The summed E-state index contributed by atoms with van der Waals surface area (Å²) in [5, 5.41) is 16.9. The minimum Gasteiger partial charge on any atom is -0.371 e.